The van der Waals surface area contributed by atoms with E-state index in [4.69, 9.17) is 24.3 Å². The van der Waals surface area contributed by atoms with Crippen molar-refractivity contribution >= 4 is 34.9 Å². The molecular formula is C37H41N5O6. The van der Waals surface area contributed by atoms with Crippen molar-refractivity contribution in [3.63, 3.8) is 0 Å². The van der Waals surface area contributed by atoms with Crippen LogP contribution in [0.15, 0.2) is 91.1 Å². The maximum Gasteiger partial charge on any atom is 0.303 e. The topological polar surface area (TPSA) is 144 Å². The van der Waals surface area contributed by atoms with Gasteiger partial charge in [-0.3, -0.25) is 9.59 Å². The fourth-order valence-corrected chi connectivity index (χ4v) is 5.05. The number of ether oxygens (including phenoxy) is 3. The fraction of sp³-hybridized carbons (Fsp3) is 0.297. The normalized spacial score (nSPS) is 13.7. The Labute approximate surface area is 280 Å². The molecular weight excluding hydrogens is 610 g/mol. The number of hydrogen-bond acceptors (Lipinski definition) is 9. The first-order valence-electron chi connectivity index (χ1n) is 16.1. The van der Waals surface area contributed by atoms with Crippen LogP contribution < -0.4 is 20.7 Å². The Bertz CT molecular complexity index is 1680. The van der Waals surface area contributed by atoms with Gasteiger partial charge in [0, 0.05) is 53.8 Å². The molecule has 4 N–H and O–H groups in total. The first-order valence-corrected chi connectivity index (χ1v) is 16.1. The molecule has 0 unspecified atom stereocenters. The summed E-state index contributed by atoms with van der Waals surface area (Å²) in [5.41, 5.74) is 6.19. The van der Waals surface area contributed by atoms with Crippen LogP contribution in [0.25, 0.3) is 11.3 Å². The molecule has 0 radical (unpaired) electrons. The van der Waals surface area contributed by atoms with Crippen LogP contribution in [0.5, 0.6) is 5.75 Å². The van der Waals surface area contributed by atoms with Crippen LogP contribution in [0.3, 0.4) is 0 Å². The molecule has 0 fully saturated rings. The van der Waals surface area contributed by atoms with Crippen molar-refractivity contribution in [2.75, 3.05) is 42.3 Å². The summed E-state index contributed by atoms with van der Waals surface area (Å²) in [6.07, 6.45) is 8.11. The number of carboxylic acid groups (broad SMARTS) is 1. The first-order chi connectivity index (χ1) is 23.5. The van der Waals surface area contributed by atoms with Crippen LogP contribution in [0.2, 0.25) is 0 Å². The van der Waals surface area contributed by atoms with Gasteiger partial charge in [-0.15, -0.1) is 0 Å². The molecule has 5 rings (SSSR count). The summed E-state index contributed by atoms with van der Waals surface area (Å²) in [5.74, 6) is 0.318. The number of nitrogens with one attached hydrogen (secondary N) is 3. The summed E-state index contributed by atoms with van der Waals surface area (Å²) < 4.78 is 17.9. The van der Waals surface area contributed by atoms with Gasteiger partial charge in [-0.25, -0.2) is 9.97 Å². The Morgan fingerprint density at radius 3 is 2.50 bits per heavy atom. The van der Waals surface area contributed by atoms with Gasteiger partial charge >= 0.3 is 5.97 Å². The second-order valence-corrected chi connectivity index (χ2v) is 11.3. The van der Waals surface area contributed by atoms with E-state index in [0.29, 0.717) is 76.9 Å². The Morgan fingerprint density at radius 1 is 0.875 bits per heavy atom. The van der Waals surface area contributed by atoms with E-state index in [1.165, 1.54) is 0 Å². The minimum atomic E-state index is -0.807. The van der Waals surface area contributed by atoms with Crippen molar-refractivity contribution < 1.29 is 28.9 Å². The highest BCUT2D eigenvalue weighted by molar-refractivity contribution is 5.90. The number of carboxylic acids is 1. The average Bonchev–Trinajstić information content (AvgIpc) is 3.09. The molecule has 0 saturated heterocycles. The largest absolute Gasteiger partial charge is 0.491 e. The standard InChI is InChI=1S/C37H41N5O6/c43-35(9-2-1-3-10-36(44)45)40-31-13-11-30(12-14-31)38-19-22-48-34-16-15-32-24-29(34)26-47-21-5-4-20-46-25-27-7-6-8-28(23-27)33-17-18-39-37(41-32)42-33/h4-8,11-18,23-24,38H,1-3,9-10,19-22,25-26H2,(H,40,43)(H,44,45)(H,39,41,42)/b5-4+. The van der Waals surface area contributed by atoms with Gasteiger partial charge in [-0.2, -0.15) is 0 Å². The van der Waals surface area contributed by atoms with Gasteiger partial charge in [0.1, 0.15) is 12.4 Å². The van der Waals surface area contributed by atoms with E-state index in [0.717, 1.165) is 39.5 Å². The molecule has 6 bridgehead atoms. The summed E-state index contributed by atoms with van der Waals surface area (Å²) >= 11 is 0. The van der Waals surface area contributed by atoms with E-state index in [1.807, 2.05) is 78.9 Å². The predicted molar refractivity (Wildman–Crippen MR) is 185 cm³/mol. The molecule has 11 heteroatoms. The lowest BCUT2D eigenvalue weighted by Crippen LogP contribution is -2.13. The van der Waals surface area contributed by atoms with Crippen molar-refractivity contribution in [1.29, 1.82) is 0 Å². The van der Waals surface area contributed by atoms with Gasteiger partial charge in [-0.1, -0.05) is 36.8 Å². The van der Waals surface area contributed by atoms with E-state index >= 15 is 0 Å². The number of hydrogen-bond donors (Lipinski definition) is 4. The predicted octanol–water partition coefficient (Wildman–Crippen LogP) is 6.95. The number of nitrogens with zero attached hydrogens (tertiary/aromatic N) is 2. The third-order valence-electron chi connectivity index (χ3n) is 7.47. The Kier molecular flexibility index (Phi) is 12.9. The zero-order chi connectivity index (χ0) is 33.4. The highest BCUT2D eigenvalue weighted by Crippen LogP contribution is 2.27. The lowest BCUT2D eigenvalue weighted by molar-refractivity contribution is -0.137. The SMILES string of the molecule is O=C(O)CCCCCC(=O)Nc1ccc(NCCOc2ccc3cc2COC/C=C/COCc2cccc(c2)-c2ccnc(n2)N3)cc1. The summed E-state index contributed by atoms with van der Waals surface area (Å²) in [6.45, 7) is 2.75. The molecule has 4 aromatic rings. The Hall–Kier alpha value is -5.26. The van der Waals surface area contributed by atoms with Crippen LogP contribution in [0.4, 0.5) is 23.0 Å². The number of benzene rings is 3. The summed E-state index contributed by atoms with van der Waals surface area (Å²) in [6, 6.07) is 23.4. The second-order valence-electron chi connectivity index (χ2n) is 11.3. The number of aromatic nitrogens is 2. The van der Waals surface area contributed by atoms with Crippen LogP contribution in [0.1, 0.15) is 43.2 Å². The van der Waals surface area contributed by atoms with Crippen molar-refractivity contribution in [2.45, 2.75) is 45.3 Å². The van der Waals surface area contributed by atoms with Gasteiger partial charge in [0.15, 0.2) is 0 Å². The van der Waals surface area contributed by atoms with Gasteiger partial charge in [0.25, 0.3) is 0 Å². The van der Waals surface area contributed by atoms with Crippen LogP contribution in [-0.4, -0.2) is 53.3 Å². The fourth-order valence-electron chi connectivity index (χ4n) is 5.05. The zero-order valence-electron chi connectivity index (χ0n) is 26.8. The van der Waals surface area contributed by atoms with Crippen LogP contribution in [-0.2, 0) is 32.3 Å². The summed E-state index contributed by atoms with van der Waals surface area (Å²) in [5, 5.41) is 18.3. The number of aliphatic carboxylic acids is 1. The average molecular weight is 652 g/mol. The number of anilines is 4. The number of unbranched alkanes of at least 4 members (excludes halogenated alkanes) is 2. The van der Waals surface area contributed by atoms with Crippen molar-refractivity contribution in [3.05, 3.63) is 102 Å². The maximum absolute atomic E-state index is 12.2. The molecule has 0 spiro atoms. The summed E-state index contributed by atoms with van der Waals surface area (Å²) in [4.78, 5) is 31.9. The van der Waals surface area contributed by atoms with E-state index in [-0.39, 0.29) is 12.3 Å². The number of fused-ring (bicyclic) bond motifs is 7. The lowest BCUT2D eigenvalue weighted by Gasteiger charge is -2.15. The van der Waals surface area contributed by atoms with Crippen LogP contribution >= 0.6 is 0 Å². The van der Waals surface area contributed by atoms with E-state index < -0.39 is 5.97 Å². The molecule has 1 aromatic heterocycles. The maximum atomic E-state index is 12.2. The molecule has 3 aromatic carbocycles. The molecule has 1 amide bonds. The van der Waals surface area contributed by atoms with Crippen molar-refractivity contribution in [1.82, 2.24) is 9.97 Å². The molecule has 250 valence electrons. The van der Waals surface area contributed by atoms with Gasteiger partial charge in [-0.05, 0) is 73.0 Å². The number of carbonyl (C=O) groups excluding carboxylic acids is 1. The zero-order valence-corrected chi connectivity index (χ0v) is 26.8. The smallest absolute Gasteiger partial charge is 0.303 e. The van der Waals surface area contributed by atoms with Crippen LogP contribution in [0, 0.1) is 0 Å². The monoisotopic (exact) mass is 651 g/mol. The molecule has 0 atom stereocenters. The molecule has 11 nitrogen and oxygen atoms in total. The van der Waals surface area contributed by atoms with E-state index in [9.17, 15) is 9.59 Å². The first kappa shape index (κ1) is 34.1. The summed E-state index contributed by atoms with van der Waals surface area (Å²) in [7, 11) is 0. The minimum Gasteiger partial charge on any atom is -0.491 e. The van der Waals surface area contributed by atoms with Gasteiger partial charge < -0.3 is 35.3 Å². The number of amides is 1. The second kappa shape index (κ2) is 18.2. The third-order valence-corrected chi connectivity index (χ3v) is 7.47. The van der Waals surface area contributed by atoms with Gasteiger partial charge in [0.2, 0.25) is 11.9 Å². The molecule has 0 saturated carbocycles. The highest BCUT2D eigenvalue weighted by Gasteiger charge is 2.10. The molecule has 1 aliphatic rings. The quantitative estimate of drug-likeness (QED) is 0.0938. The van der Waals surface area contributed by atoms with Crippen molar-refractivity contribution in [2.24, 2.45) is 0 Å². The number of carbonyl (C=O) groups is 2. The lowest BCUT2D eigenvalue weighted by atomic mass is 10.1. The van der Waals surface area contributed by atoms with Gasteiger partial charge in [0.05, 0.1) is 32.1 Å². The Balaban J connectivity index is 1.15. The minimum absolute atomic E-state index is 0.0816. The molecule has 2 heterocycles. The van der Waals surface area contributed by atoms with Crippen molar-refractivity contribution in [3.8, 4) is 17.0 Å². The van der Waals surface area contributed by atoms with E-state index in [2.05, 4.69) is 27.0 Å². The number of rotatable bonds is 12. The third kappa shape index (κ3) is 11.2. The molecule has 1 aliphatic heterocycles. The van der Waals surface area contributed by atoms with E-state index in [1.54, 1.807) is 6.20 Å². The molecule has 0 aliphatic carbocycles. The Morgan fingerprint density at radius 2 is 1.67 bits per heavy atom. The molecule has 48 heavy (non-hydrogen) atoms. The highest BCUT2D eigenvalue weighted by atomic mass is 16.5.